The molecule has 1 saturated carbocycles. The van der Waals surface area contributed by atoms with Gasteiger partial charge in [0.15, 0.2) is 0 Å². The van der Waals surface area contributed by atoms with Gasteiger partial charge >= 0.3 is 5.97 Å². The van der Waals surface area contributed by atoms with Crippen LogP contribution in [-0.2, 0) is 19.0 Å². The zero-order valence-corrected chi connectivity index (χ0v) is 12.3. The van der Waals surface area contributed by atoms with Gasteiger partial charge < -0.3 is 19.5 Å². The minimum Gasteiger partial charge on any atom is -0.468 e. The van der Waals surface area contributed by atoms with Gasteiger partial charge in [-0.3, -0.25) is 4.79 Å². The number of methoxy groups -OCH3 is 1. The average molecular weight is 273 g/mol. The molecule has 0 aromatic carbocycles. The van der Waals surface area contributed by atoms with E-state index < -0.39 is 0 Å². The van der Waals surface area contributed by atoms with Gasteiger partial charge in [0.05, 0.1) is 20.3 Å². The molecular weight excluding hydrogens is 246 g/mol. The minimum atomic E-state index is -0.242. The van der Waals surface area contributed by atoms with Crippen LogP contribution >= 0.6 is 0 Å². The van der Waals surface area contributed by atoms with Gasteiger partial charge in [-0.2, -0.15) is 0 Å². The maximum Gasteiger partial charge on any atom is 0.322 e. The molecule has 1 atom stereocenters. The number of carbonyl (C=O) groups excluding carboxylic acids is 1. The molecule has 1 rings (SSSR count). The van der Waals surface area contributed by atoms with Gasteiger partial charge in [-0.25, -0.2) is 0 Å². The van der Waals surface area contributed by atoms with Crippen molar-refractivity contribution >= 4 is 5.97 Å². The first-order chi connectivity index (χ1) is 9.13. The normalized spacial score (nSPS) is 16.6. The van der Waals surface area contributed by atoms with Crippen LogP contribution in [0.1, 0.15) is 33.1 Å². The van der Waals surface area contributed by atoms with E-state index in [2.05, 4.69) is 19.2 Å². The molecule has 1 aliphatic carbocycles. The molecule has 0 aromatic heterocycles. The van der Waals surface area contributed by atoms with E-state index in [4.69, 9.17) is 14.2 Å². The van der Waals surface area contributed by atoms with Crippen molar-refractivity contribution in [3.8, 4) is 0 Å². The Morgan fingerprint density at radius 1 is 1.21 bits per heavy atom. The van der Waals surface area contributed by atoms with Gasteiger partial charge in [0.1, 0.15) is 6.04 Å². The van der Waals surface area contributed by atoms with Gasteiger partial charge in [-0.05, 0) is 25.2 Å². The van der Waals surface area contributed by atoms with Gasteiger partial charge in [-0.15, -0.1) is 0 Å². The summed E-state index contributed by atoms with van der Waals surface area (Å²) in [6.07, 6.45) is 2.95. The largest absolute Gasteiger partial charge is 0.468 e. The summed E-state index contributed by atoms with van der Waals surface area (Å²) in [5, 5.41) is 3.27. The first-order valence-electron chi connectivity index (χ1n) is 7.12. The van der Waals surface area contributed by atoms with Crippen LogP contribution in [-0.4, -0.2) is 51.6 Å². The molecule has 0 saturated heterocycles. The summed E-state index contributed by atoms with van der Waals surface area (Å²) in [4.78, 5) is 11.6. The predicted molar refractivity (Wildman–Crippen MR) is 73.1 cm³/mol. The molecule has 1 N–H and O–H groups in total. The highest BCUT2D eigenvalue weighted by atomic mass is 16.5. The van der Waals surface area contributed by atoms with Crippen LogP contribution in [0.2, 0.25) is 0 Å². The topological polar surface area (TPSA) is 56.8 Å². The minimum absolute atomic E-state index is 0.202. The van der Waals surface area contributed by atoms with Crippen LogP contribution in [0.15, 0.2) is 0 Å². The van der Waals surface area contributed by atoms with E-state index >= 15 is 0 Å². The summed E-state index contributed by atoms with van der Waals surface area (Å²) in [5.41, 5.74) is 0. The molecule has 0 radical (unpaired) electrons. The van der Waals surface area contributed by atoms with Crippen LogP contribution in [0.5, 0.6) is 0 Å². The number of hydrogen-bond donors (Lipinski definition) is 1. The number of nitrogens with one attached hydrogen (secondary N) is 1. The van der Waals surface area contributed by atoms with Crippen LogP contribution in [0.3, 0.4) is 0 Å². The first kappa shape index (κ1) is 16.4. The Labute approximate surface area is 116 Å². The summed E-state index contributed by atoms with van der Waals surface area (Å²) in [6.45, 7) is 6.72. The Bertz CT molecular complexity index is 254. The van der Waals surface area contributed by atoms with Crippen molar-refractivity contribution in [3.63, 3.8) is 0 Å². The zero-order valence-electron chi connectivity index (χ0n) is 12.3. The molecule has 5 heteroatoms. The molecule has 0 spiro atoms. The Morgan fingerprint density at radius 2 is 1.89 bits per heavy atom. The lowest BCUT2D eigenvalue weighted by molar-refractivity contribution is -0.143. The molecule has 0 bridgehead atoms. The lowest BCUT2D eigenvalue weighted by Crippen LogP contribution is -2.39. The van der Waals surface area contributed by atoms with Crippen molar-refractivity contribution < 1.29 is 19.0 Å². The van der Waals surface area contributed by atoms with Crippen LogP contribution < -0.4 is 5.32 Å². The average Bonchev–Trinajstić information content (AvgIpc) is 3.18. The molecule has 5 nitrogen and oxygen atoms in total. The van der Waals surface area contributed by atoms with Gasteiger partial charge in [0.25, 0.3) is 0 Å². The fourth-order valence-corrected chi connectivity index (χ4v) is 1.69. The maximum absolute atomic E-state index is 11.6. The molecule has 112 valence electrons. The Balaban J connectivity index is 2.02. The summed E-state index contributed by atoms with van der Waals surface area (Å²) < 4.78 is 15.7. The second-order valence-electron chi connectivity index (χ2n) is 5.39. The molecule has 0 aliphatic heterocycles. The van der Waals surface area contributed by atoms with E-state index in [1.54, 1.807) is 0 Å². The van der Waals surface area contributed by atoms with E-state index in [1.807, 2.05) is 0 Å². The standard InChI is InChI=1S/C14H27NO4/c1-11(2)10-19-9-8-18-7-6-13(14(16)17-3)15-12-4-5-12/h11-13,15H,4-10H2,1-3H3. The number of carbonyl (C=O) groups is 1. The zero-order chi connectivity index (χ0) is 14.1. The lowest BCUT2D eigenvalue weighted by atomic mass is 10.2. The second kappa shape index (κ2) is 9.28. The van der Waals surface area contributed by atoms with Gasteiger partial charge in [0.2, 0.25) is 0 Å². The molecule has 1 aliphatic rings. The van der Waals surface area contributed by atoms with Crippen LogP contribution in [0.4, 0.5) is 0 Å². The number of hydrogen-bond acceptors (Lipinski definition) is 5. The Hall–Kier alpha value is -0.650. The molecule has 1 unspecified atom stereocenters. The number of rotatable bonds is 11. The highest BCUT2D eigenvalue weighted by Crippen LogP contribution is 2.20. The van der Waals surface area contributed by atoms with E-state index in [-0.39, 0.29) is 12.0 Å². The molecule has 0 heterocycles. The predicted octanol–water partition coefficient (Wildman–Crippen LogP) is 1.36. The second-order valence-corrected chi connectivity index (χ2v) is 5.39. The number of esters is 1. The van der Waals surface area contributed by atoms with Crippen LogP contribution in [0.25, 0.3) is 0 Å². The van der Waals surface area contributed by atoms with E-state index in [0.717, 1.165) is 19.4 Å². The van der Waals surface area contributed by atoms with Crippen molar-refractivity contribution in [3.05, 3.63) is 0 Å². The fourth-order valence-electron chi connectivity index (χ4n) is 1.69. The number of ether oxygens (including phenoxy) is 3. The maximum atomic E-state index is 11.6. The monoisotopic (exact) mass is 273 g/mol. The van der Waals surface area contributed by atoms with Crippen molar-refractivity contribution in [2.24, 2.45) is 5.92 Å². The van der Waals surface area contributed by atoms with E-state index in [9.17, 15) is 4.79 Å². The summed E-state index contributed by atoms with van der Waals surface area (Å²) in [6, 6.07) is 0.243. The van der Waals surface area contributed by atoms with E-state index in [0.29, 0.717) is 38.2 Å². The first-order valence-corrected chi connectivity index (χ1v) is 7.12. The summed E-state index contributed by atoms with van der Waals surface area (Å²) >= 11 is 0. The third kappa shape index (κ3) is 8.18. The Morgan fingerprint density at radius 3 is 2.47 bits per heavy atom. The van der Waals surface area contributed by atoms with Gasteiger partial charge in [0, 0.05) is 19.3 Å². The SMILES string of the molecule is COC(=O)C(CCOCCOCC(C)C)NC1CC1. The molecule has 0 aromatic rings. The summed E-state index contributed by atoms with van der Waals surface area (Å²) in [7, 11) is 1.42. The molecule has 1 fully saturated rings. The Kier molecular flexibility index (Phi) is 8.02. The fraction of sp³-hybridized carbons (Fsp3) is 0.929. The van der Waals surface area contributed by atoms with Gasteiger partial charge in [-0.1, -0.05) is 13.8 Å². The smallest absolute Gasteiger partial charge is 0.322 e. The third-order valence-corrected chi connectivity index (χ3v) is 2.87. The van der Waals surface area contributed by atoms with Crippen molar-refractivity contribution in [2.45, 2.75) is 45.2 Å². The van der Waals surface area contributed by atoms with Crippen molar-refractivity contribution in [1.29, 1.82) is 0 Å². The van der Waals surface area contributed by atoms with E-state index in [1.165, 1.54) is 7.11 Å². The van der Waals surface area contributed by atoms with Crippen molar-refractivity contribution in [1.82, 2.24) is 5.32 Å². The highest BCUT2D eigenvalue weighted by Gasteiger charge is 2.28. The van der Waals surface area contributed by atoms with Crippen molar-refractivity contribution in [2.75, 3.05) is 33.5 Å². The molecule has 0 amide bonds. The lowest BCUT2D eigenvalue weighted by Gasteiger charge is -2.16. The molecule has 19 heavy (non-hydrogen) atoms. The highest BCUT2D eigenvalue weighted by molar-refractivity contribution is 5.75. The third-order valence-electron chi connectivity index (χ3n) is 2.87. The quantitative estimate of drug-likeness (QED) is 0.455. The summed E-state index contributed by atoms with van der Waals surface area (Å²) in [5.74, 6) is 0.345. The molecular formula is C14H27NO4. The van der Waals surface area contributed by atoms with Crippen LogP contribution in [0, 0.1) is 5.92 Å².